The summed E-state index contributed by atoms with van der Waals surface area (Å²) in [5.74, 6) is -0.128. The summed E-state index contributed by atoms with van der Waals surface area (Å²) in [6.45, 7) is 4.46. The van der Waals surface area contributed by atoms with Gasteiger partial charge in [0.25, 0.3) is 5.91 Å². The van der Waals surface area contributed by atoms with Gasteiger partial charge in [-0.2, -0.15) is 0 Å². The molecule has 0 radical (unpaired) electrons. The molecule has 0 bridgehead atoms. The summed E-state index contributed by atoms with van der Waals surface area (Å²) in [7, 11) is 1.62. The zero-order valence-electron chi connectivity index (χ0n) is 13.0. The molecule has 1 N–H and O–H groups in total. The third kappa shape index (κ3) is 3.64. The van der Waals surface area contributed by atoms with Gasteiger partial charge in [0, 0.05) is 12.0 Å². The Morgan fingerprint density at radius 3 is 2.36 bits per heavy atom. The third-order valence-electron chi connectivity index (χ3n) is 3.68. The second-order valence-electron chi connectivity index (χ2n) is 5.77. The number of carbonyl (C=O) groups excluding carboxylic acids is 1. The van der Waals surface area contributed by atoms with Crippen LogP contribution in [0.2, 0.25) is 0 Å². The number of hydrogen-bond donors (Lipinski definition) is 1. The van der Waals surface area contributed by atoms with Crippen LogP contribution in [-0.2, 0) is 5.41 Å². The zero-order chi connectivity index (χ0) is 16.2. The Balaban J connectivity index is 2.05. The summed E-state index contributed by atoms with van der Waals surface area (Å²) >= 11 is 0. The summed E-state index contributed by atoms with van der Waals surface area (Å²) in [6, 6.07) is 13.7. The highest BCUT2D eigenvalue weighted by Gasteiger charge is 2.22. The van der Waals surface area contributed by atoms with Crippen LogP contribution in [0.3, 0.4) is 0 Å². The number of methoxy groups -OCH3 is 1. The number of hydrogen-bond acceptors (Lipinski definition) is 2. The molecule has 0 aromatic heterocycles. The molecule has 4 heteroatoms. The Bertz CT molecular complexity index is 650. The van der Waals surface area contributed by atoms with E-state index < -0.39 is 11.7 Å². The van der Waals surface area contributed by atoms with Gasteiger partial charge in [-0.1, -0.05) is 38.1 Å². The fraction of sp³-hybridized carbons (Fsp3) is 0.278. The van der Waals surface area contributed by atoms with Crippen molar-refractivity contribution in [3.8, 4) is 5.75 Å². The molecule has 116 valence electrons. The van der Waals surface area contributed by atoms with E-state index >= 15 is 0 Å². The minimum atomic E-state index is -0.512. The van der Waals surface area contributed by atoms with Gasteiger partial charge in [-0.25, -0.2) is 4.39 Å². The largest absolute Gasteiger partial charge is 0.497 e. The number of nitrogens with one attached hydrogen (secondary N) is 1. The average Bonchev–Trinajstić information content (AvgIpc) is 2.53. The Hall–Kier alpha value is -2.36. The van der Waals surface area contributed by atoms with E-state index in [0.717, 1.165) is 11.3 Å². The van der Waals surface area contributed by atoms with Gasteiger partial charge in [-0.15, -0.1) is 0 Å². The third-order valence-corrected chi connectivity index (χ3v) is 3.68. The molecular formula is C18H20FNO2. The first-order valence-corrected chi connectivity index (χ1v) is 7.11. The van der Waals surface area contributed by atoms with Crippen LogP contribution in [0.4, 0.5) is 4.39 Å². The summed E-state index contributed by atoms with van der Waals surface area (Å²) in [5, 5.41) is 2.80. The molecule has 2 rings (SSSR count). The van der Waals surface area contributed by atoms with E-state index in [1.165, 1.54) is 12.1 Å². The Morgan fingerprint density at radius 2 is 1.77 bits per heavy atom. The normalized spacial score (nSPS) is 11.1. The first kappa shape index (κ1) is 16.0. The van der Waals surface area contributed by atoms with Crippen LogP contribution in [0.15, 0.2) is 48.5 Å². The molecule has 2 aromatic carbocycles. The van der Waals surface area contributed by atoms with Crippen molar-refractivity contribution in [1.82, 2.24) is 5.32 Å². The van der Waals surface area contributed by atoms with Crippen molar-refractivity contribution < 1.29 is 13.9 Å². The van der Waals surface area contributed by atoms with E-state index in [1.54, 1.807) is 19.2 Å². The van der Waals surface area contributed by atoms with Gasteiger partial charge in [0.2, 0.25) is 0 Å². The summed E-state index contributed by atoms with van der Waals surface area (Å²) in [4.78, 5) is 12.1. The molecule has 3 nitrogen and oxygen atoms in total. The lowest BCUT2D eigenvalue weighted by molar-refractivity contribution is 0.0941. The molecule has 0 saturated heterocycles. The van der Waals surface area contributed by atoms with Crippen LogP contribution in [0, 0.1) is 5.82 Å². The van der Waals surface area contributed by atoms with Crippen LogP contribution < -0.4 is 10.1 Å². The quantitative estimate of drug-likeness (QED) is 0.917. The maximum absolute atomic E-state index is 13.6. The van der Waals surface area contributed by atoms with Crippen LogP contribution in [-0.4, -0.2) is 19.6 Å². The van der Waals surface area contributed by atoms with E-state index in [-0.39, 0.29) is 11.0 Å². The summed E-state index contributed by atoms with van der Waals surface area (Å²) < 4.78 is 18.7. The van der Waals surface area contributed by atoms with Crippen molar-refractivity contribution in [2.45, 2.75) is 19.3 Å². The van der Waals surface area contributed by atoms with Crippen molar-refractivity contribution >= 4 is 5.91 Å². The SMILES string of the molecule is COc1ccc(C(C)(C)CNC(=O)c2ccccc2F)cc1. The van der Waals surface area contributed by atoms with E-state index in [1.807, 2.05) is 38.1 Å². The number of rotatable bonds is 5. The molecule has 0 aliphatic heterocycles. The number of amides is 1. The smallest absolute Gasteiger partial charge is 0.254 e. The van der Waals surface area contributed by atoms with Crippen molar-refractivity contribution in [2.75, 3.05) is 13.7 Å². The van der Waals surface area contributed by atoms with Crippen molar-refractivity contribution in [1.29, 1.82) is 0 Å². The molecule has 22 heavy (non-hydrogen) atoms. The Morgan fingerprint density at radius 1 is 1.14 bits per heavy atom. The Kier molecular flexibility index (Phi) is 4.81. The van der Waals surface area contributed by atoms with Crippen LogP contribution in [0.5, 0.6) is 5.75 Å². The van der Waals surface area contributed by atoms with Gasteiger partial charge < -0.3 is 10.1 Å². The van der Waals surface area contributed by atoms with E-state index in [2.05, 4.69) is 5.32 Å². The molecule has 0 saturated carbocycles. The maximum Gasteiger partial charge on any atom is 0.254 e. The monoisotopic (exact) mass is 301 g/mol. The minimum Gasteiger partial charge on any atom is -0.497 e. The fourth-order valence-corrected chi connectivity index (χ4v) is 2.19. The van der Waals surface area contributed by atoms with Crippen molar-refractivity contribution in [3.05, 3.63) is 65.5 Å². The van der Waals surface area contributed by atoms with E-state index in [0.29, 0.717) is 6.54 Å². The number of benzene rings is 2. The topological polar surface area (TPSA) is 38.3 Å². The average molecular weight is 301 g/mol. The molecule has 0 fully saturated rings. The predicted octanol–water partition coefficient (Wildman–Crippen LogP) is 3.54. The van der Waals surface area contributed by atoms with Gasteiger partial charge in [0.05, 0.1) is 12.7 Å². The zero-order valence-corrected chi connectivity index (χ0v) is 13.0. The number of carbonyl (C=O) groups is 1. The fourth-order valence-electron chi connectivity index (χ4n) is 2.19. The molecule has 1 amide bonds. The lowest BCUT2D eigenvalue weighted by atomic mass is 9.84. The number of ether oxygens (including phenoxy) is 1. The lowest BCUT2D eigenvalue weighted by Gasteiger charge is -2.26. The molecule has 2 aromatic rings. The van der Waals surface area contributed by atoms with E-state index in [9.17, 15) is 9.18 Å². The molecule has 0 atom stereocenters. The molecule has 0 aliphatic carbocycles. The standard InChI is InChI=1S/C18H20FNO2/c1-18(2,13-8-10-14(22-3)11-9-13)12-20-17(21)15-6-4-5-7-16(15)19/h4-11H,12H2,1-3H3,(H,20,21). The molecular weight excluding hydrogens is 281 g/mol. The first-order chi connectivity index (χ1) is 10.4. The van der Waals surface area contributed by atoms with Gasteiger partial charge in [-0.3, -0.25) is 4.79 Å². The highest BCUT2D eigenvalue weighted by atomic mass is 19.1. The summed E-state index contributed by atoms with van der Waals surface area (Å²) in [5.41, 5.74) is 0.864. The minimum absolute atomic E-state index is 0.0630. The summed E-state index contributed by atoms with van der Waals surface area (Å²) in [6.07, 6.45) is 0. The van der Waals surface area contributed by atoms with Crippen LogP contribution >= 0.6 is 0 Å². The Labute approximate surface area is 130 Å². The van der Waals surface area contributed by atoms with E-state index in [4.69, 9.17) is 4.74 Å². The highest BCUT2D eigenvalue weighted by molar-refractivity contribution is 5.94. The van der Waals surface area contributed by atoms with Crippen molar-refractivity contribution in [2.24, 2.45) is 0 Å². The molecule has 0 unspecified atom stereocenters. The van der Waals surface area contributed by atoms with Crippen LogP contribution in [0.1, 0.15) is 29.8 Å². The molecule has 0 heterocycles. The van der Waals surface area contributed by atoms with Crippen LogP contribution in [0.25, 0.3) is 0 Å². The van der Waals surface area contributed by atoms with Gasteiger partial charge in [0.1, 0.15) is 11.6 Å². The van der Waals surface area contributed by atoms with Crippen molar-refractivity contribution in [3.63, 3.8) is 0 Å². The molecule has 0 spiro atoms. The number of halogens is 1. The predicted molar refractivity (Wildman–Crippen MR) is 84.8 cm³/mol. The second kappa shape index (κ2) is 6.60. The van der Waals surface area contributed by atoms with Gasteiger partial charge in [-0.05, 0) is 29.8 Å². The van der Waals surface area contributed by atoms with Gasteiger partial charge in [0.15, 0.2) is 0 Å². The lowest BCUT2D eigenvalue weighted by Crippen LogP contribution is -2.37. The second-order valence-corrected chi connectivity index (χ2v) is 5.77. The molecule has 0 aliphatic rings. The highest BCUT2D eigenvalue weighted by Crippen LogP contribution is 2.24. The van der Waals surface area contributed by atoms with Gasteiger partial charge >= 0.3 is 0 Å². The maximum atomic E-state index is 13.6. The first-order valence-electron chi connectivity index (χ1n) is 7.11.